The molecule has 4 rings (SSSR count). The summed E-state index contributed by atoms with van der Waals surface area (Å²) in [6, 6.07) is 0. The van der Waals surface area contributed by atoms with Crippen molar-refractivity contribution in [2.45, 2.75) is 216 Å². The van der Waals surface area contributed by atoms with E-state index in [0.717, 1.165) is 55.3 Å². The van der Waals surface area contributed by atoms with Gasteiger partial charge in [-0.2, -0.15) is 0 Å². The molecule has 4 aliphatic rings. The molecular weight excluding hydrogens is 715 g/mol. The summed E-state index contributed by atoms with van der Waals surface area (Å²) in [6.45, 7) is 32.0. The van der Waals surface area contributed by atoms with Gasteiger partial charge in [0, 0.05) is 30.6 Å². The van der Waals surface area contributed by atoms with Crippen molar-refractivity contribution in [3.05, 3.63) is 11.6 Å². The monoisotopic (exact) mass is 800 g/mol. The summed E-state index contributed by atoms with van der Waals surface area (Å²) in [5, 5.41) is 5.96. The van der Waals surface area contributed by atoms with Crippen LogP contribution >= 0.6 is 0 Å². The fourth-order valence-electron chi connectivity index (χ4n) is 11.4. The maximum atomic E-state index is 14.1. The number of carbonyl (C=O) groups excluding carboxylic acids is 3. The third kappa shape index (κ3) is 12.8. The van der Waals surface area contributed by atoms with Crippen molar-refractivity contribution in [2.75, 3.05) is 13.1 Å². The largest absolute Gasteiger partial charge is 0.446 e. The van der Waals surface area contributed by atoms with Crippen molar-refractivity contribution in [3.8, 4) is 0 Å². The first-order valence-corrected chi connectivity index (χ1v) is 22.8. The number of nitrogens with one attached hydrogen (secondary N) is 2. The Kier molecular flexibility index (Phi) is 14.9. The number of carbonyl (C=O) groups is 3. The maximum Gasteiger partial charge on any atom is 0.410 e. The van der Waals surface area contributed by atoms with E-state index in [1.807, 2.05) is 69.2 Å². The highest BCUT2D eigenvalue weighted by Crippen LogP contribution is 2.67. The molecule has 0 aliphatic heterocycles. The molecule has 0 saturated heterocycles. The zero-order chi connectivity index (χ0) is 42.8. The molecule has 0 aromatic rings. The van der Waals surface area contributed by atoms with Crippen LogP contribution in [0.25, 0.3) is 0 Å². The number of rotatable bonds is 14. The number of alkyl carbamates (subject to hydrolysis) is 2. The number of allylic oxidation sites excluding steroid dienone is 1. The number of hydrogen-bond acceptors (Lipinski definition) is 6. The highest BCUT2D eigenvalue weighted by molar-refractivity contribution is 5.70. The molecule has 57 heavy (non-hydrogen) atoms. The van der Waals surface area contributed by atoms with Crippen molar-refractivity contribution in [3.63, 3.8) is 0 Å². The number of nitrogens with zero attached hydrogens (tertiary/aromatic N) is 1. The van der Waals surface area contributed by atoms with Crippen LogP contribution in [0.15, 0.2) is 11.6 Å². The van der Waals surface area contributed by atoms with Crippen LogP contribution in [-0.2, 0) is 14.2 Å². The first kappa shape index (κ1) is 47.2. The SMILES string of the molecule is CC(C)CCCC(C)C1CCC2C3CC=C4CC(OC(=O)N(CCC(C)(C)NC(=O)OC(C)(C)C)CCC(C)(C)NC(=O)OC(C)(C)C)CCC4(C)C3CCC12C. The summed E-state index contributed by atoms with van der Waals surface area (Å²) in [6.07, 6.45) is 15.5. The Morgan fingerprint density at radius 2 is 1.33 bits per heavy atom. The molecule has 0 radical (unpaired) electrons. The van der Waals surface area contributed by atoms with Crippen LogP contribution in [0.3, 0.4) is 0 Å². The van der Waals surface area contributed by atoms with E-state index in [2.05, 4.69) is 51.3 Å². The summed E-state index contributed by atoms with van der Waals surface area (Å²) in [7, 11) is 0. The van der Waals surface area contributed by atoms with Crippen LogP contribution in [-0.4, -0.2) is 64.7 Å². The van der Waals surface area contributed by atoms with E-state index in [9.17, 15) is 14.4 Å². The molecule has 8 atom stereocenters. The van der Waals surface area contributed by atoms with Crippen LogP contribution in [0, 0.1) is 46.3 Å². The molecule has 3 amide bonds. The van der Waals surface area contributed by atoms with Gasteiger partial charge in [-0.1, -0.05) is 65.5 Å². The smallest absolute Gasteiger partial charge is 0.410 e. The van der Waals surface area contributed by atoms with Crippen molar-refractivity contribution in [1.29, 1.82) is 0 Å². The molecule has 3 saturated carbocycles. The van der Waals surface area contributed by atoms with Gasteiger partial charge in [-0.3, -0.25) is 0 Å². The summed E-state index contributed by atoms with van der Waals surface area (Å²) in [5.74, 6) is 4.73. The predicted molar refractivity (Wildman–Crippen MR) is 231 cm³/mol. The van der Waals surface area contributed by atoms with Crippen LogP contribution in [0.5, 0.6) is 0 Å². The number of fused-ring (bicyclic) bond motifs is 5. The first-order valence-electron chi connectivity index (χ1n) is 22.8. The lowest BCUT2D eigenvalue weighted by molar-refractivity contribution is -0.0594. The molecule has 2 N–H and O–H groups in total. The Morgan fingerprint density at radius 3 is 1.86 bits per heavy atom. The van der Waals surface area contributed by atoms with Crippen LogP contribution in [0.2, 0.25) is 0 Å². The standard InChI is InChI=1S/C48H85N3O6/c1-32(2)17-16-18-33(3)37-21-22-38-36-20-19-34-31-35(23-25-47(34,14)39(36)24-26-48(37,38)15)55-42(54)51(29-27-45(10,11)49-40(52)56-43(4,5)6)30-28-46(12,13)50-41(53)57-44(7,8)9/h19,32-33,35-39H,16-18,20-31H2,1-15H3,(H,49,52)(H,50,53). The van der Waals surface area contributed by atoms with Gasteiger partial charge in [0.2, 0.25) is 0 Å². The average Bonchev–Trinajstić information content (AvgIpc) is 3.39. The van der Waals surface area contributed by atoms with E-state index in [1.165, 1.54) is 50.5 Å². The lowest BCUT2D eigenvalue weighted by atomic mass is 9.47. The molecule has 4 aliphatic carbocycles. The normalized spacial score (nSPS) is 29.6. The van der Waals surface area contributed by atoms with Crippen LogP contribution in [0.4, 0.5) is 14.4 Å². The highest BCUT2D eigenvalue weighted by atomic mass is 16.6. The van der Waals surface area contributed by atoms with Gasteiger partial charge in [0.15, 0.2) is 0 Å². The lowest BCUT2D eigenvalue weighted by Crippen LogP contribution is -2.51. The second kappa shape index (κ2) is 18.0. The molecule has 8 unspecified atom stereocenters. The summed E-state index contributed by atoms with van der Waals surface area (Å²) in [5.41, 5.74) is -0.367. The fraction of sp³-hybridized carbons (Fsp3) is 0.896. The minimum absolute atomic E-state index is 0.169. The molecule has 0 spiro atoms. The molecule has 9 heteroatoms. The van der Waals surface area contributed by atoms with E-state index >= 15 is 0 Å². The molecule has 9 nitrogen and oxygen atoms in total. The second-order valence-corrected chi connectivity index (χ2v) is 23.0. The molecule has 0 heterocycles. The number of ether oxygens (including phenoxy) is 3. The van der Waals surface area contributed by atoms with Gasteiger partial charge in [0.05, 0.1) is 0 Å². The van der Waals surface area contributed by atoms with Gasteiger partial charge in [-0.15, -0.1) is 0 Å². The van der Waals surface area contributed by atoms with E-state index in [-0.39, 0.29) is 17.6 Å². The van der Waals surface area contributed by atoms with E-state index in [1.54, 1.807) is 4.90 Å². The van der Waals surface area contributed by atoms with Crippen LogP contribution < -0.4 is 10.6 Å². The predicted octanol–water partition coefficient (Wildman–Crippen LogP) is 12.2. The van der Waals surface area contributed by atoms with Gasteiger partial charge in [-0.25, -0.2) is 14.4 Å². The molecule has 0 aromatic heterocycles. The van der Waals surface area contributed by atoms with Gasteiger partial charge >= 0.3 is 18.3 Å². The Hall–Kier alpha value is -2.45. The van der Waals surface area contributed by atoms with Crippen molar-refractivity contribution in [2.24, 2.45) is 46.3 Å². The highest BCUT2D eigenvalue weighted by Gasteiger charge is 2.59. The quantitative estimate of drug-likeness (QED) is 0.134. The van der Waals surface area contributed by atoms with Crippen LogP contribution in [0.1, 0.15) is 187 Å². The Morgan fingerprint density at radius 1 is 0.772 bits per heavy atom. The Balaban J connectivity index is 1.42. The Labute approximate surface area is 348 Å². The van der Waals surface area contributed by atoms with Gasteiger partial charge in [-0.05, 0) is 173 Å². The fourth-order valence-corrected chi connectivity index (χ4v) is 11.4. The van der Waals surface area contributed by atoms with Gasteiger partial charge in [0.25, 0.3) is 0 Å². The second-order valence-electron chi connectivity index (χ2n) is 23.0. The van der Waals surface area contributed by atoms with Crippen molar-refractivity contribution < 1.29 is 28.6 Å². The topological polar surface area (TPSA) is 106 Å². The minimum Gasteiger partial charge on any atom is -0.446 e. The first-order chi connectivity index (χ1) is 26.1. The lowest BCUT2D eigenvalue weighted by Gasteiger charge is -2.58. The maximum absolute atomic E-state index is 14.1. The number of amides is 3. The van der Waals surface area contributed by atoms with Gasteiger partial charge in [0.1, 0.15) is 17.3 Å². The van der Waals surface area contributed by atoms with Gasteiger partial charge < -0.3 is 29.7 Å². The minimum atomic E-state index is -0.636. The molecule has 0 aromatic carbocycles. The van der Waals surface area contributed by atoms with E-state index in [4.69, 9.17) is 14.2 Å². The Bertz CT molecular complexity index is 1380. The molecule has 328 valence electrons. The van der Waals surface area contributed by atoms with E-state index in [0.29, 0.717) is 37.3 Å². The summed E-state index contributed by atoms with van der Waals surface area (Å²) >= 11 is 0. The third-order valence-electron chi connectivity index (χ3n) is 14.5. The van der Waals surface area contributed by atoms with E-state index < -0.39 is 34.5 Å². The zero-order valence-corrected chi connectivity index (χ0v) is 39.1. The zero-order valence-electron chi connectivity index (χ0n) is 39.1. The molecular formula is C48H85N3O6. The summed E-state index contributed by atoms with van der Waals surface area (Å²) < 4.78 is 17.4. The number of hydrogen-bond donors (Lipinski definition) is 2. The molecule has 0 bridgehead atoms. The van der Waals surface area contributed by atoms with Crippen molar-refractivity contribution in [1.82, 2.24) is 15.5 Å². The third-order valence-corrected chi connectivity index (χ3v) is 14.5. The average molecular weight is 800 g/mol. The van der Waals surface area contributed by atoms with Crippen molar-refractivity contribution >= 4 is 18.3 Å². The molecule has 3 fully saturated rings. The summed E-state index contributed by atoms with van der Waals surface area (Å²) in [4.78, 5) is 41.2.